The zero-order chi connectivity index (χ0) is 4.12. The molecule has 0 bridgehead atoms. The summed E-state index contributed by atoms with van der Waals surface area (Å²) >= 11 is 0. The van der Waals surface area contributed by atoms with Gasteiger partial charge in [-0.25, -0.2) is 0 Å². The molecular weight excluding hydrogens is 227 g/mol. The van der Waals surface area contributed by atoms with E-state index in [9.17, 15) is 9.59 Å². The minimum absolute atomic E-state index is 0. The van der Waals surface area contributed by atoms with Crippen LogP contribution in [0.15, 0.2) is 0 Å². The minimum atomic E-state index is 0. The fourth-order valence-corrected chi connectivity index (χ4v) is 0.0393. The number of rotatable bonds is 2. The van der Waals surface area contributed by atoms with E-state index < -0.39 is 0 Å². The van der Waals surface area contributed by atoms with Gasteiger partial charge in [0.2, 0.25) is 0 Å². The van der Waals surface area contributed by atoms with Crippen molar-refractivity contribution in [3.05, 3.63) is 0 Å². The van der Waals surface area contributed by atoms with Gasteiger partial charge in [0.05, 0.1) is 6.42 Å². The summed E-state index contributed by atoms with van der Waals surface area (Å²) in [7, 11) is 0. The summed E-state index contributed by atoms with van der Waals surface area (Å²) in [4.78, 5) is 18.3. The normalized spacial score (nSPS) is 5.33. The van der Waals surface area contributed by atoms with E-state index in [0.717, 1.165) is 0 Å². The van der Waals surface area contributed by atoms with Crippen molar-refractivity contribution >= 4 is 12.6 Å². The predicted molar refractivity (Wildman–Crippen MR) is 16.7 cm³/mol. The van der Waals surface area contributed by atoms with Gasteiger partial charge >= 0.3 is 0 Å². The first kappa shape index (κ1) is 9.80. The van der Waals surface area contributed by atoms with Crippen LogP contribution in [0.2, 0.25) is 0 Å². The van der Waals surface area contributed by atoms with E-state index in [0.29, 0.717) is 12.6 Å². The Bertz CT molecular complexity index is 38.1. The van der Waals surface area contributed by atoms with Gasteiger partial charge in [0.15, 0.2) is 0 Å². The maximum absolute atomic E-state index is 9.17. The molecule has 0 saturated carbocycles. The number of hydrogen-bond donors (Lipinski definition) is 0. The molecule has 2 nitrogen and oxygen atoms in total. The number of carbonyl (C=O) groups is 2. The third kappa shape index (κ3) is 8.82. The third-order valence-corrected chi connectivity index (χ3v) is 0.192. The first-order valence-electron chi connectivity index (χ1n) is 1.29. The summed E-state index contributed by atoms with van der Waals surface area (Å²) in [5.41, 5.74) is 0. The van der Waals surface area contributed by atoms with E-state index in [1.165, 1.54) is 0 Å². The molecule has 0 atom stereocenters. The van der Waals surface area contributed by atoms with Crippen LogP contribution < -0.4 is 0 Å². The number of hydrogen-bond acceptors (Lipinski definition) is 2. The Morgan fingerprint density at radius 2 is 1.50 bits per heavy atom. The van der Waals surface area contributed by atoms with Crippen molar-refractivity contribution in [1.29, 1.82) is 0 Å². The van der Waals surface area contributed by atoms with E-state index in [-0.39, 0.29) is 45.0 Å². The van der Waals surface area contributed by atoms with Crippen molar-refractivity contribution in [2.24, 2.45) is 0 Å². The van der Waals surface area contributed by atoms with Crippen LogP contribution in [0.25, 0.3) is 0 Å². The molecule has 0 saturated heterocycles. The van der Waals surface area contributed by atoms with Crippen LogP contribution in [0.3, 0.4) is 0 Å². The van der Waals surface area contributed by atoms with E-state index in [1.807, 2.05) is 0 Å². The number of carbonyl (C=O) groups excluding carboxylic acids is 2. The van der Waals surface area contributed by atoms with Crippen molar-refractivity contribution in [1.82, 2.24) is 0 Å². The van der Waals surface area contributed by atoms with Gasteiger partial charge in [-0.15, -0.1) is 0 Å². The summed E-state index contributed by atoms with van der Waals surface area (Å²) in [5.74, 6) is 0. The first-order chi connectivity index (χ1) is 2.41. The van der Waals surface area contributed by atoms with Crippen LogP contribution in [0.1, 0.15) is 6.42 Å². The second-order valence-corrected chi connectivity index (χ2v) is 0.569. The Hall–Kier alpha value is 0.626. The second-order valence-electron chi connectivity index (χ2n) is 0.569. The topological polar surface area (TPSA) is 34.1 Å². The molecule has 0 fully saturated rings. The van der Waals surface area contributed by atoms with Crippen molar-refractivity contribution in [2.75, 3.05) is 0 Å². The molecule has 6 heavy (non-hydrogen) atoms. The summed E-state index contributed by atoms with van der Waals surface area (Å²) < 4.78 is 0. The summed E-state index contributed by atoms with van der Waals surface area (Å²) in [6.45, 7) is 0. The standard InChI is InChI=1S/C3H4O2.Tb/c4-2-1-3-5;/h2-3H,1H2;. The van der Waals surface area contributed by atoms with Crippen molar-refractivity contribution in [3.63, 3.8) is 0 Å². The average Bonchev–Trinajstić information content (AvgIpc) is 1.41. The molecule has 0 rings (SSSR count). The Labute approximate surface area is 66.7 Å². The molecule has 37 valence electrons. The van der Waals surface area contributed by atoms with Crippen LogP contribution in [0.4, 0.5) is 0 Å². The van der Waals surface area contributed by atoms with E-state index in [4.69, 9.17) is 0 Å². The largest absolute Gasteiger partial charge is 0.303 e. The molecule has 0 heterocycles. The SMILES string of the molecule is O=CCC=O.[Tb]. The van der Waals surface area contributed by atoms with Gasteiger partial charge in [0.1, 0.15) is 12.6 Å². The van der Waals surface area contributed by atoms with Crippen LogP contribution in [-0.2, 0) is 9.59 Å². The van der Waals surface area contributed by atoms with Crippen LogP contribution in [-0.4, -0.2) is 12.6 Å². The summed E-state index contributed by atoms with van der Waals surface area (Å²) in [6.07, 6.45) is 1.15. The zero-order valence-electron chi connectivity index (χ0n) is 3.01. The van der Waals surface area contributed by atoms with Crippen molar-refractivity contribution in [2.45, 2.75) is 6.42 Å². The Morgan fingerprint density at radius 1 is 1.17 bits per heavy atom. The van der Waals surface area contributed by atoms with Crippen molar-refractivity contribution in [3.8, 4) is 0 Å². The molecule has 0 unspecified atom stereocenters. The Kier molecular flexibility index (Phi) is 15.0. The average molecular weight is 231 g/mol. The molecule has 0 spiro atoms. The predicted octanol–water partition coefficient (Wildman–Crippen LogP) is -0.226. The molecule has 0 amide bonds. The van der Waals surface area contributed by atoms with Gasteiger partial charge in [-0.3, -0.25) is 0 Å². The van der Waals surface area contributed by atoms with Gasteiger partial charge in [-0.05, 0) is 0 Å². The second kappa shape index (κ2) is 9.16. The molecule has 0 N–H and O–H groups in total. The maximum atomic E-state index is 9.17. The molecule has 1 radical (unpaired) electrons. The quantitative estimate of drug-likeness (QED) is 0.486. The van der Waals surface area contributed by atoms with Gasteiger partial charge in [-0.2, -0.15) is 0 Å². The van der Waals surface area contributed by atoms with Crippen LogP contribution in [0.5, 0.6) is 0 Å². The fraction of sp³-hybridized carbons (Fsp3) is 0.333. The molecule has 3 heteroatoms. The molecule has 0 aliphatic heterocycles. The zero-order valence-corrected chi connectivity index (χ0v) is 5.15. The first-order valence-corrected chi connectivity index (χ1v) is 1.29. The van der Waals surface area contributed by atoms with Crippen LogP contribution >= 0.6 is 0 Å². The van der Waals surface area contributed by atoms with E-state index in [2.05, 4.69) is 0 Å². The molecule has 0 aromatic carbocycles. The van der Waals surface area contributed by atoms with Gasteiger partial charge < -0.3 is 9.59 Å². The summed E-state index contributed by atoms with van der Waals surface area (Å²) in [5, 5.41) is 0. The molecule has 0 aliphatic rings. The molecule has 0 aliphatic carbocycles. The summed E-state index contributed by atoms with van der Waals surface area (Å²) in [6, 6.07) is 0. The fourth-order valence-electron chi connectivity index (χ4n) is 0.0393. The molecular formula is C3H4O2Tb. The molecule has 0 aromatic heterocycles. The van der Waals surface area contributed by atoms with Gasteiger partial charge in [0, 0.05) is 38.6 Å². The van der Waals surface area contributed by atoms with E-state index >= 15 is 0 Å². The Morgan fingerprint density at radius 3 is 1.50 bits per heavy atom. The van der Waals surface area contributed by atoms with Crippen molar-refractivity contribution < 1.29 is 48.2 Å². The third-order valence-electron chi connectivity index (χ3n) is 0.192. The molecule has 0 aromatic rings. The monoisotopic (exact) mass is 231 g/mol. The van der Waals surface area contributed by atoms with Gasteiger partial charge in [-0.1, -0.05) is 0 Å². The maximum Gasteiger partial charge on any atom is 0.127 e. The number of aldehydes is 2. The minimum Gasteiger partial charge on any atom is -0.303 e. The smallest absolute Gasteiger partial charge is 0.127 e. The van der Waals surface area contributed by atoms with Crippen LogP contribution in [0, 0.1) is 38.6 Å². The Balaban J connectivity index is 0. The van der Waals surface area contributed by atoms with E-state index in [1.54, 1.807) is 0 Å². The van der Waals surface area contributed by atoms with Gasteiger partial charge in [0.25, 0.3) is 0 Å².